The Hall–Kier alpha value is -3.57. The number of aliphatic hydroxyl groups is 1. The van der Waals surface area contributed by atoms with Crippen LogP contribution in [0, 0.1) is 0 Å². The van der Waals surface area contributed by atoms with Crippen LogP contribution in [-0.2, 0) is 29.2 Å². The first-order valence-electron chi connectivity index (χ1n) is 10.7. The number of aromatic carboxylic acids is 1. The molecule has 0 unspecified atom stereocenters. The SMILES string of the molecule is CC(C)(O)Cc1ccccc1S(=O)(=O)Nc1ccc(C(F)(F)F)cc1OCc1ccc(C(=O)O)cc1. The minimum atomic E-state index is -4.70. The first-order valence-corrected chi connectivity index (χ1v) is 12.1. The molecule has 7 nitrogen and oxygen atoms in total. The Bertz CT molecular complexity index is 1350. The van der Waals surface area contributed by atoms with E-state index in [0.717, 1.165) is 12.1 Å². The van der Waals surface area contributed by atoms with E-state index in [1.54, 1.807) is 6.07 Å². The number of anilines is 1. The van der Waals surface area contributed by atoms with Gasteiger partial charge in [0.05, 0.1) is 27.3 Å². The number of halogens is 3. The Balaban J connectivity index is 1.95. The van der Waals surface area contributed by atoms with Gasteiger partial charge >= 0.3 is 12.1 Å². The van der Waals surface area contributed by atoms with Crippen molar-refractivity contribution in [1.82, 2.24) is 0 Å². The van der Waals surface area contributed by atoms with Crippen molar-refractivity contribution in [3.63, 3.8) is 0 Å². The molecule has 0 atom stereocenters. The van der Waals surface area contributed by atoms with Gasteiger partial charge in [0.15, 0.2) is 0 Å². The lowest BCUT2D eigenvalue weighted by molar-refractivity contribution is -0.137. The molecule has 192 valence electrons. The molecule has 0 aliphatic carbocycles. The van der Waals surface area contributed by atoms with E-state index >= 15 is 0 Å². The minimum Gasteiger partial charge on any atom is -0.487 e. The zero-order chi connectivity index (χ0) is 26.7. The Morgan fingerprint density at radius 2 is 1.64 bits per heavy atom. The van der Waals surface area contributed by atoms with Crippen LogP contribution in [0.15, 0.2) is 71.6 Å². The molecule has 3 aromatic rings. The number of benzene rings is 3. The second-order valence-electron chi connectivity index (χ2n) is 8.70. The lowest BCUT2D eigenvalue weighted by Gasteiger charge is -2.20. The van der Waals surface area contributed by atoms with Crippen LogP contribution < -0.4 is 9.46 Å². The average Bonchev–Trinajstić information content (AvgIpc) is 2.77. The molecule has 0 saturated heterocycles. The van der Waals surface area contributed by atoms with Crippen molar-refractivity contribution in [2.45, 2.75) is 43.5 Å². The average molecular weight is 524 g/mol. The van der Waals surface area contributed by atoms with Gasteiger partial charge in [-0.25, -0.2) is 13.2 Å². The molecule has 3 rings (SSSR count). The molecule has 0 aliphatic heterocycles. The Morgan fingerprint density at radius 1 is 1.00 bits per heavy atom. The van der Waals surface area contributed by atoms with Gasteiger partial charge in [0.25, 0.3) is 10.0 Å². The monoisotopic (exact) mass is 523 g/mol. The molecule has 0 saturated carbocycles. The summed E-state index contributed by atoms with van der Waals surface area (Å²) >= 11 is 0. The van der Waals surface area contributed by atoms with Gasteiger partial charge in [-0.15, -0.1) is 0 Å². The highest BCUT2D eigenvalue weighted by Gasteiger charge is 2.32. The minimum absolute atomic E-state index is 0.0206. The number of carboxylic acids is 1. The number of carbonyl (C=O) groups is 1. The van der Waals surface area contributed by atoms with E-state index in [0.29, 0.717) is 17.2 Å². The van der Waals surface area contributed by atoms with Crippen LogP contribution in [0.5, 0.6) is 5.75 Å². The van der Waals surface area contributed by atoms with Gasteiger partial charge in [0, 0.05) is 6.42 Å². The van der Waals surface area contributed by atoms with E-state index in [1.807, 2.05) is 0 Å². The number of alkyl halides is 3. The predicted octanol–water partition coefficient (Wildman–Crippen LogP) is 5.10. The van der Waals surface area contributed by atoms with E-state index in [4.69, 9.17) is 9.84 Å². The summed E-state index contributed by atoms with van der Waals surface area (Å²) in [5.41, 5.74) is -1.65. The molecule has 0 aliphatic rings. The summed E-state index contributed by atoms with van der Waals surface area (Å²) in [5, 5.41) is 19.1. The maximum Gasteiger partial charge on any atom is 0.416 e. The Labute approximate surface area is 206 Å². The molecule has 0 radical (unpaired) electrons. The van der Waals surface area contributed by atoms with Crippen molar-refractivity contribution < 1.29 is 41.3 Å². The highest BCUT2D eigenvalue weighted by atomic mass is 32.2. The van der Waals surface area contributed by atoms with Gasteiger partial charge in [-0.2, -0.15) is 13.2 Å². The summed E-state index contributed by atoms with van der Waals surface area (Å²) < 4.78 is 74.2. The van der Waals surface area contributed by atoms with Crippen LogP contribution in [-0.4, -0.2) is 30.2 Å². The van der Waals surface area contributed by atoms with E-state index in [1.165, 1.54) is 56.3 Å². The van der Waals surface area contributed by atoms with E-state index in [9.17, 15) is 31.5 Å². The smallest absolute Gasteiger partial charge is 0.416 e. The third kappa shape index (κ3) is 6.98. The van der Waals surface area contributed by atoms with Crippen molar-refractivity contribution in [2.24, 2.45) is 0 Å². The lowest BCUT2D eigenvalue weighted by Crippen LogP contribution is -2.24. The summed E-state index contributed by atoms with van der Waals surface area (Å²) in [6.07, 6.45) is -4.68. The first-order chi connectivity index (χ1) is 16.7. The summed E-state index contributed by atoms with van der Waals surface area (Å²) in [4.78, 5) is 10.9. The molecule has 0 aromatic heterocycles. The molecule has 0 bridgehead atoms. The fourth-order valence-electron chi connectivity index (χ4n) is 3.38. The molecule has 36 heavy (non-hydrogen) atoms. The number of carboxylic acid groups (broad SMARTS) is 1. The van der Waals surface area contributed by atoms with E-state index in [2.05, 4.69) is 4.72 Å². The Morgan fingerprint density at radius 3 is 2.22 bits per heavy atom. The predicted molar refractivity (Wildman–Crippen MR) is 126 cm³/mol. The normalized spacial score (nSPS) is 12.3. The van der Waals surface area contributed by atoms with Gasteiger partial charge in [0.1, 0.15) is 12.4 Å². The fourth-order valence-corrected chi connectivity index (χ4v) is 4.70. The number of ether oxygens (including phenoxy) is 1. The first kappa shape index (κ1) is 27.0. The van der Waals surface area contributed by atoms with Gasteiger partial charge in [-0.1, -0.05) is 30.3 Å². The topological polar surface area (TPSA) is 113 Å². The molecular formula is C25H24F3NO6S. The number of sulfonamides is 1. The third-order valence-electron chi connectivity index (χ3n) is 5.03. The highest BCUT2D eigenvalue weighted by Crippen LogP contribution is 2.36. The summed E-state index contributed by atoms with van der Waals surface area (Å²) in [6, 6.07) is 13.9. The standard InChI is InChI=1S/C25H24F3NO6S/c1-24(2,32)14-18-5-3-4-6-22(18)36(33,34)29-20-12-11-19(25(26,27)28)13-21(20)35-15-16-7-9-17(10-8-16)23(30)31/h3-13,29,32H,14-15H2,1-2H3,(H,30,31). The van der Waals surface area contributed by atoms with Gasteiger partial charge < -0.3 is 14.9 Å². The second-order valence-corrected chi connectivity index (χ2v) is 10.4. The molecule has 0 spiro atoms. The van der Waals surface area contributed by atoms with Crippen molar-refractivity contribution in [3.05, 3.63) is 89.0 Å². The van der Waals surface area contributed by atoms with Gasteiger partial charge in [0.2, 0.25) is 0 Å². The number of hydrogen-bond donors (Lipinski definition) is 3. The molecule has 0 amide bonds. The van der Waals surface area contributed by atoms with Crippen LogP contribution >= 0.6 is 0 Å². The molecule has 3 aromatic carbocycles. The van der Waals surface area contributed by atoms with Gasteiger partial charge in [-0.05, 0) is 61.4 Å². The summed E-state index contributed by atoms with van der Waals surface area (Å²) in [5.74, 6) is -1.50. The fraction of sp³-hybridized carbons (Fsp3) is 0.240. The largest absolute Gasteiger partial charge is 0.487 e. The number of rotatable bonds is 9. The molecule has 3 N–H and O–H groups in total. The summed E-state index contributed by atoms with van der Waals surface area (Å²) in [6.45, 7) is 2.80. The molecular weight excluding hydrogens is 499 g/mol. The number of hydrogen-bond acceptors (Lipinski definition) is 5. The highest BCUT2D eigenvalue weighted by molar-refractivity contribution is 7.92. The molecule has 0 fully saturated rings. The summed E-state index contributed by atoms with van der Waals surface area (Å²) in [7, 11) is -4.27. The van der Waals surface area contributed by atoms with Crippen molar-refractivity contribution in [3.8, 4) is 5.75 Å². The molecule has 11 heteroatoms. The molecule has 0 heterocycles. The Kier molecular flexibility index (Phi) is 7.65. The van der Waals surface area contributed by atoms with Crippen LogP contribution in [0.4, 0.5) is 18.9 Å². The van der Waals surface area contributed by atoms with Crippen molar-refractivity contribution >= 4 is 21.7 Å². The maximum atomic E-state index is 13.3. The quantitative estimate of drug-likeness (QED) is 0.360. The lowest BCUT2D eigenvalue weighted by atomic mass is 9.99. The van der Waals surface area contributed by atoms with Gasteiger partial charge in [-0.3, -0.25) is 4.72 Å². The zero-order valence-electron chi connectivity index (χ0n) is 19.3. The van der Waals surface area contributed by atoms with E-state index in [-0.39, 0.29) is 34.9 Å². The maximum absolute atomic E-state index is 13.3. The van der Waals surface area contributed by atoms with Crippen LogP contribution in [0.1, 0.15) is 40.9 Å². The van der Waals surface area contributed by atoms with Crippen LogP contribution in [0.2, 0.25) is 0 Å². The van der Waals surface area contributed by atoms with E-state index < -0.39 is 33.3 Å². The zero-order valence-corrected chi connectivity index (χ0v) is 20.2. The van der Waals surface area contributed by atoms with Crippen molar-refractivity contribution in [2.75, 3.05) is 4.72 Å². The van der Waals surface area contributed by atoms with Crippen LogP contribution in [0.25, 0.3) is 0 Å². The third-order valence-corrected chi connectivity index (χ3v) is 6.50. The van der Waals surface area contributed by atoms with Crippen LogP contribution in [0.3, 0.4) is 0 Å². The second kappa shape index (κ2) is 10.2. The van der Waals surface area contributed by atoms with Crippen molar-refractivity contribution in [1.29, 1.82) is 0 Å². The number of nitrogens with one attached hydrogen (secondary N) is 1.